The highest BCUT2D eigenvalue weighted by atomic mass is 79.9. The third-order valence-corrected chi connectivity index (χ3v) is 5.01. The van der Waals surface area contributed by atoms with Gasteiger partial charge in [0.2, 0.25) is 0 Å². The van der Waals surface area contributed by atoms with Crippen molar-refractivity contribution in [2.45, 2.75) is 32.3 Å². The molecule has 0 N–H and O–H groups in total. The van der Waals surface area contributed by atoms with Crippen molar-refractivity contribution in [2.75, 3.05) is 0 Å². The zero-order valence-corrected chi connectivity index (χ0v) is 14.7. The maximum absolute atomic E-state index is 6.21. The number of rotatable bonds is 4. The Morgan fingerprint density at radius 1 is 1.00 bits per heavy atom. The van der Waals surface area contributed by atoms with Crippen molar-refractivity contribution in [2.24, 2.45) is 0 Å². The van der Waals surface area contributed by atoms with Crippen LogP contribution in [0.3, 0.4) is 0 Å². The zero-order valence-electron chi connectivity index (χ0n) is 12.3. The monoisotopic (exact) mass is 376 g/mol. The summed E-state index contributed by atoms with van der Waals surface area (Å²) < 4.78 is 7.35. The molecule has 114 valence electrons. The van der Waals surface area contributed by atoms with E-state index in [1.54, 1.807) is 0 Å². The summed E-state index contributed by atoms with van der Waals surface area (Å²) in [6, 6.07) is 16.1. The van der Waals surface area contributed by atoms with Gasteiger partial charge in [-0.3, -0.25) is 0 Å². The van der Waals surface area contributed by atoms with E-state index in [4.69, 9.17) is 16.3 Å². The maximum Gasteiger partial charge on any atom is 0.127 e. The van der Waals surface area contributed by atoms with Crippen molar-refractivity contribution in [3.63, 3.8) is 0 Å². The van der Waals surface area contributed by atoms with Gasteiger partial charge in [-0.05, 0) is 59.5 Å². The number of benzene rings is 2. The Morgan fingerprint density at radius 2 is 1.77 bits per heavy atom. The number of allylic oxidation sites excluding steroid dienone is 2. The SMILES string of the molecule is Clc1ccc(OCc2ccccc2)c(C2=C(Br)CCCC2)c1. The van der Waals surface area contributed by atoms with E-state index < -0.39 is 0 Å². The van der Waals surface area contributed by atoms with Gasteiger partial charge in [-0.25, -0.2) is 0 Å². The second kappa shape index (κ2) is 7.34. The van der Waals surface area contributed by atoms with Gasteiger partial charge in [0.1, 0.15) is 12.4 Å². The molecular weight excluding hydrogens is 360 g/mol. The highest BCUT2D eigenvalue weighted by Gasteiger charge is 2.17. The molecule has 0 bridgehead atoms. The van der Waals surface area contributed by atoms with Gasteiger partial charge in [-0.15, -0.1) is 0 Å². The predicted octanol–water partition coefficient (Wildman–Crippen LogP) is 6.60. The number of ether oxygens (including phenoxy) is 1. The molecule has 0 atom stereocenters. The number of halogens is 2. The second-order valence-electron chi connectivity index (χ2n) is 5.51. The fraction of sp³-hybridized carbons (Fsp3) is 0.263. The van der Waals surface area contributed by atoms with E-state index in [0.717, 1.165) is 29.2 Å². The molecule has 0 unspecified atom stereocenters. The Bertz CT molecular complexity index is 679. The summed E-state index contributed by atoms with van der Waals surface area (Å²) in [5.74, 6) is 0.905. The lowest BCUT2D eigenvalue weighted by Crippen LogP contribution is -2.01. The molecule has 1 aliphatic rings. The Balaban J connectivity index is 1.88. The van der Waals surface area contributed by atoms with Crippen LogP contribution in [0.15, 0.2) is 53.0 Å². The van der Waals surface area contributed by atoms with E-state index in [1.807, 2.05) is 36.4 Å². The lowest BCUT2D eigenvalue weighted by molar-refractivity contribution is 0.305. The summed E-state index contributed by atoms with van der Waals surface area (Å²) in [5.41, 5.74) is 3.62. The molecule has 1 aliphatic carbocycles. The highest BCUT2D eigenvalue weighted by molar-refractivity contribution is 9.11. The van der Waals surface area contributed by atoms with Gasteiger partial charge in [-0.1, -0.05) is 57.9 Å². The van der Waals surface area contributed by atoms with Gasteiger partial charge >= 0.3 is 0 Å². The summed E-state index contributed by atoms with van der Waals surface area (Å²) in [5, 5.41) is 0.750. The predicted molar refractivity (Wildman–Crippen MR) is 96.5 cm³/mol. The first kappa shape index (κ1) is 15.6. The molecule has 0 saturated heterocycles. The Hall–Kier alpha value is -1.25. The third kappa shape index (κ3) is 3.74. The van der Waals surface area contributed by atoms with Crippen molar-refractivity contribution < 1.29 is 4.74 Å². The Labute approximate surface area is 145 Å². The molecule has 22 heavy (non-hydrogen) atoms. The molecule has 0 radical (unpaired) electrons. The van der Waals surface area contributed by atoms with E-state index in [2.05, 4.69) is 28.1 Å². The number of hydrogen-bond acceptors (Lipinski definition) is 1. The average Bonchev–Trinajstić information content (AvgIpc) is 2.55. The van der Waals surface area contributed by atoms with Crippen molar-refractivity contribution in [1.29, 1.82) is 0 Å². The molecule has 3 rings (SSSR count). The summed E-state index contributed by atoms with van der Waals surface area (Å²) in [7, 11) is 0. The molecule has 0 spiro atoms. The minimum absolute atomic E-state index is 0.570. The summed E-state index contributed by atoms with van der Waals surface area (Å²) >= 11 is 9.93. The molecule has 0 amide bonds. The highest BCUT2D eigenvalue weighted by Crippen LogP contribution is 2.40. The van der Waals surface area contributed by atoms with Crippen LogP contribution in [0.2, 0.25) is 5.02 Å². The van der Waals surface area contributed by atoms with Gasteiger partial charge in [-0.2, -0.15) is 0 Å². The lowest BCUT2D eigenvalue weighted by atomic mass is 9.93. The van der Waals surface area contributed by atoms with Gasteiger partial charge in [0.25, 0.3) is 0 Å². The molecule has 2 aromatic carbocycles. The van der Waals surface area contributed by atoms with E-state index >= 15 is 0 Å². The molecule has 2 aromatic rings. The Morgan fingerprint density at radius 3 is 2.55 bits per heavy atom. The van der Waals surface area contributed by atoms with Crippen LogP contribution >= 0.6 is 27.5 Å². The molecule has 0 aliphatic heterocycles. The minimum atomic E-state index is 0.570. The average molecular weight is 378 g/mol. The van der Waals surface area contributed by atoms with Crippen molar-refractivity contribution >= 4 is 33.1 Å². The van der Waals surface area contributed by atoms with Crippen molar-refractivity contribution in [3.05, 3.63) is 69.2 Å². The van der Waals surface area contributed by atoms with Crippen LogP contribution in [0.4, 0.5) is 0 Å². The van der Waals surface area contributed by atoms with Crippen molar-refractivity contribution in [3.8, 4) is 5.75 Å². The summed E-state index contributed by atoms with van der Waals surface area (Å²) in [6.45, 7) is 0.570. The normalized spacial score (nSPS) is 15.0. The van der Waals surface area contributed by atoms with Crippen LogP contribution in [0.5, 0.6) is 5.75 Å². The molecule has 1 nitrogen and oxygen atoms in total. The van der Waals surface area contributed by atoms with Crippen LogP contribution in [0, 0.1) is 0 Å². The van der Waals surface area contributed by atoms with E-state index in [1.165, 1.54) is 28.5 Å². The van der Waals surface area contributed by atoms with Crippen molar-refractivity contribution in [1.82, 2.24) is 0 Å². The van der Waals surface area contributed by atoms with Crippen LogP contribution < -0.4 is 4.74 Å². The lowest BCUT2D eigenvalue weighted by Gasteiger charge is -2.20. The molecular formula is C19H18BrClO. The van der Waals surface area contributed by atoms with Gasteiger partial charge in [0.15, 0.2) is 0 Å². The molecule has 0 saturated carbocycles. The van der Waals surface area contributed by atoms with E-state index in [9.17, 15) is 0 Å². The first-order valence-electron chi connectivity index (χ1n) is 7.58. The van der Waals surface area contributed by atoms with Crippen LogP contribution in [-0.2, 0) is 6.61 Å². The minimum Gasteiger partial charge on any atom is -0.488 e. The Kier molecular flexibility index (Phi) is 5.22. The summed E-state index contributed by atoms with van der Waals surface area (Å²) in [6.07, 6.45) is 4.63. The van der Waals surface area contributed by atoms with Crippen LogP contribution in [0.1, 0.15) is 36.8 Å². The second-order valence-corrected chi connectivity index (χ2v) is 6.90. The van der Waals surface area contributed by atoms with E-state index in [-0.39, 0.29) is 0 Å². The maximum atomic E-state index is 6.21. The fourth-order valence-corrected chi connectivity index (χ4v) is 3.61. The molecule has 0 fully saturated rings. The van der Waals surface area contributed by atoms with Gasteiger partial charge in [0.05, 0.1) is 0 Å². The van der Waals surface area contributed by atoms with Crippen LogP contribution in [-0.4, -0.2) is 0 Å². The van der Waals surface area contributed by atoms with Gasteiger partial charge < -0.3 is 4.74 Å². The van der Waals surface area contributed by atoms with Gasteiger partial charge in [0, 0.05) is 10.6 Å². The third-order valence-electron chi connectivity index (χ3n) is 3.90. The summed E-state index contributed by atoms with van der Waals surface area (Å²) in [4.78, 5) is 0. The smallest absolute Gasteiger partial charge is 0.127 e. The topological polar surface area (TPSA) is 9.23 Å². The molecule has 3 heteroatoms. The molecule has 0 aromatic heterocycles. The first-order valence-corrected chi connectivity index (χ1v) is 8.75. The first-order chi connectivity index (χ1) is 10.7. The largest absolute Gasteiger partial charge is 0.488 e. The zero-order chi connectivity index (χ0) is 15.4. The quantitative estimate of drug-likeness (QED) is 0.583. The number of hydrogen-bond donors (Lipinski definition) is 0. The standard InChI is InChI=1S/C19H18BrClO/c20-18-9-5-4-8-16(18)17-12-15(21)10-11-19(17)22-13-14-6-2-1-3-7-14/h1-3,6-7,10-12H,4-5,8-9,13H2. The molecule has 0 heterocycles. The fourth-order valence-electron chi connectivity index (χ4n) is 2.75. The van der Waals surface area contributed by atoms with Crippen LogP contribution in [0.25, 0.3) is 5.57 Å². The van der Waals surface area contributed by atoms with E-state index in [0.29, 0.717) is 6.61 Å².